The van der Waals surface area contributed by atoms with Crippen LogP contribution in [0.15, 0.2) is 41.4 Å². The summed E-state index contributed by atoms with van der Waals surface area (Å²) in [6.45, 7) is 1.38. The van der Waals surface area contributed by atoms with Gasteiger partial charge >= 0.3 is 0 Å². The first-order valence-corrected chi connectivity index (χ1v) is 7.73. The molecule has 2 aromatic rings. The fourth-order valence-electron chi connectivity index (χ4n) is 1.66. The summed E-state index contributed by atoms with van der Waals surface area (Å²) in [4.78, 5) is 16.4. The molecule has 0 spiro atoms. The molecule has 0 bridgehead atoms. The maximum absolute atomic E-state index is 11.2. The van der Waals surface area contributed by atoms with Crippen LogP contribution in [0.1, 0.15) is 6.92 Å². The summed E-state index contributed by atoms with van der Waals surface area (Å²) in [6, 6.07) is 9.54. The number of alkyl halides is 3. The summed E-state index contributed by atoms with van der Waals surface area (Å²) in [6.07, 6.45) is 1.70. The number of nitrogens with one attached hydrogen (secondary N) is 1. The Kier molecular flexibility index (Phi) is 5.02. The number of hydrogen-bond acceptors (Lipinski definition) is 3. The molecule has 20 heavy (non-hydrogen) atoms. The number of halogens is 3. The monoisotopic (exact) mass is 348 g/mol. The van der Waals surface area contributed by atoms with Gasteiger partial charge in [0.1, 0.15) is 5.37 Å². The van der Waals surface area contributed by atoms with Crippen molar-refractivity contribution in [3.05, 3.63) is 36.5 Å². The van der Waals surface area contributed by atoms with Crippen molar-refractivity contribution in [2.24, 2.45) is 0 Å². The van der Waals surface area contributed by atoms with Crippen molar-refractivity contribution >= 4 is 63.4 Å². The van der Waals surface area contributed by atoms with Gasteiger partial charge in [0, 0.05) is 23.4 Å². The molecular weight excluding hydrogens is 339 g/mol. The summed E-state index contributed by atoms with van der Waals surface area (Å²) in [5.74, 6) is -0.262. The van der Waals surface area contributed by atoms with Crippen molar-refractivity contribution in [3.63, 3.8) is 0 Å². The molecule has 1 atom stereocenters. The third kappa shape index (κ3) is 3.92. The Morgan fingerprint density at radius 1 is 1.30 bits per heavy atom. The van der Waals surface area contributed by atoms with Crippen LogP contribution in [-0.4, -0.2) is 20.1 Å². The molecule has 2 rings (SSSR count). The van der Waals surface area contributed by atoms with E-state index in [1.807, 2.05) is 30.3 Å². The molecule has 0 aliphatic carbocycles. The van der Waals surface area contributed by atoms with E-state index in [1.54, 1.807) is 6.20 Å². The number of carbonyl (C=O) groups excluding carboxylic acids is 1. The van der Waals surface area contributed by atoms with E-state index in [0.29, 0.717) is 0 Å². The number of fused-ring (bicyclic) bond motifs is 1. The van der Waals surface area contributed by atoms with Crippen LogP contribution >= 0.6 is 46.6 Å². The molecule has 1 amide bonds. The predicted molar refractivity (Wildman–Crippen MR) is 85.5 cm³/mol. The standard InChI is InChI=1S/C13H11Cl3N2OS/c1-8(19)18-12(13(14,15)16)20-10-6-2-4-9-5-3-7-17-11(9)10/h2-7,12H,1H3,(H,18,19). The highest BCUT2D eigenvalue weighted by atomic mass is 35.6. The number of amides is 1. The molecule has 0 saturated carbocycles. The minimum absolute atomic E-state index is 0.262. The Morgan fingerprint density at radius 2 is 2.00 bits per heavy atom. The summed E-state index contributed by atoms with van der Waals surface area (Å²) >= 11 is 19.0. The topological polar surface area (TPSA) is 42.0 Å². The van der Waals surface area contributed by atoms with E-state index < -0.39 is 9.17 Å². The maximum atomic E-state index is 11.2. The summed E-state index contributed by atoms with van der Waals surface area (Å²) in [5.41, 5.74) is 0.810. The van der Waals surface area contributed by atoms with Crippen LogP contribution in [0.5, 0.6) is 0 Å². The number of pyridine rings is 1. The van der Waals surface area contributed by atoms with E-state index in [2.05, 4.69) is 10.3 Å². The predicted octanol–water partition coefficient (Wildman–Crippen LogP) is 4.16. The van der Waals surface area contributed by atoms with E-state index >= 15 is 0 Å². The van der Waals surface area contributed by atoms with Gasteiger partial charge in [-0.05, 0) is 12.1 Å². The first-order chi connectivity index (χ1) is 9.38. The van der Waals surface area contributed by atoms with Crippen molar-refractivity contribution in [3.8, 4) is 0 Å². The third-order valence-electron chi connectivity index (χ3n) is 2.47. The summed E-state index contributed by atoms with van der Waals surface area (Å²) < 4.78 is -1.62. The lowest BCUT2D eigenvalue weighted by molar-refractivity contribution is -0.119. The average Bonchev–Trinajstić information content (AvgIpc) is 2.37. The third-order valence-corrected chi connectivity index (χ3v) is 4.81. The Balaban J connectivity index is 2.36. The number of benzene rings is 1. The highest BCUT2D eigenvalue weighted by molar-refractivity contribution is 8.00. The quantitative estimate of drug-likeness (QED) is 0.514. The first kappa shape index (κ1) is 15.7. The lowest BCUT2D eigenvalue weighted by Gasteiger charge is -2.24. The molecule has 106 valence electrons. The van der Waals surface area contributed by atoms with E-state index in [9.17, 15) is 4.79 Å². The molecule has 1 aromatic heterocycles. The minimum atomic E-state index is -1.62. The fraction of sp³-hybridized carbons (Fsp3) is 0.231. The molecule has 0 radical (unpaired) electrons. The SMILES string of the molecule is CC(=O)NC(Sc1cccc2cccnc12)C(Cl)(Cl)Cl. The highest BCUT2D eigenvalue weighted by Crippen LogP contribution is 2.40. The van der Waals surface area contributed by atoms with E-state index in [1.165, 1.54) is 18.7 Å². The number of hydrogen-bond donors (Lipinski definition) is 1. The van der Waals surface area contributed by atoms with Gasteiger partial charge in [-0.1, -0.05) is 64.8 Å². The Hall–Kier alpha value is -0.680. The second-order valence-electron chi connectivity index (χ2n) is 4.07. The van der Waals surface area contributed by atoms with Crippen molar-refractivity contribution in [1.29, 1.82) is 0 Å². The molecule has 0 saturated heterocycles. The van der Waals surface area contributed by atoms with Gasteiger partial charge in [0.05, 0.1) is 5.52 Å². The lowest BCUT2D eigenvalue weighted by atomic mass is 10.2. The van der Waals surface area contributed by atoms with Crippen LogP contribution in [0.25, 0.3) is 10.9 Å². The molecule has 0 fully saturated rings. The van der Waals surface area contributed by atoms with Gasteiger partial charge in [0.15, 0.2) is 0 Å². The Bertz CT molecular complexity index is 625. The molecule has 1 N–H and O–H groups in total. The molecule has 0 aliphatic heterocycles. The van der Waals surface area contributed by atoms with Gasteiger partial charge in [0.25, 0.3) is 0 Å². The average molecular weight is 350 g/mol. The normalized spacial score (nSPS) is 13.2. The van der Waals surface area contributed by atoms with Crippen LogP contribution in [-0.2, 0) is 4.79 Å². The van der Waals surface area contributed by atoms with Crippen LogP contribution < -0.4 is 5.32 Å². The highest BCUT2D eigenvalue weighted by Gasteiger charge is 2.34. The zero-order chi connectivity index (χ0) is 14.8. The number of carbonyl (C=O) groups is 1. The van der Waals surface area contributed by atoms with Crippen LogP contribution in [0.2, 0.25) is 0 Å². The summed E-state index contributed by atoms with van der Waals surface area (Å²) in [7, 11) is 0. The largest absolute Gasteiger partial charge is 0.340 e. The zero-order valence-electron chi connectivity index (χ0n) is 10.4. The van der Waals surface area contributed by atoms with Gasteiger partial charge in [0.2, 0.25) is 9.70 Å². The molecule has 1 aromatic carbocycles. The maximum Gasteiger partial charge on any atom is 0.220 e. The number of nitrogens with zero attached hydrogens (tertiary/aromatic N) is 1. The fourth-order valence-corrected chi connectivity index (χ4v) is 3.28. The van der Waals surface area contributed by atoms with Crippen LogP contribution in [0.4, 0.5) is 0 Å². The second-order valence-corrected chi connectivity index (χ2v) is 7.59. The molecule has 1 heterocycles. The molecule has 0 aliphatic rings. The number of aromatic nitrogens is 1. The molecular formula is C13H11Cl3N2OS. The van der Waals surface area contributed by atoms with E-state index in [0.717, 1.165) is 15.8 Å². The minimum Gasteiger partial charge on any atom is -0.340 e. The molecule has 3 nitrogen and oxygen atoms in total. The number of thioether (sulfide) groups is 1. The lowest BCUT2D eigenvalue weighted by Crippen LogP contribution is -2.40. The van der Waals surface area contributed by atoms with Crippen LogP contribution in [0.3, 0.4) is 0 Å². The van der Waals surface area contributed by atoms with E-state index in [-0.39, 0.29) is 5.91 Å². The van der Waals surface area contributed by atoms with Gasteiger partial charge in [-0.3, -0.25) is 9.78 Å². The Morgan fingerprint density at radius 3 is 2.65 bits per heavy atom. The Labute approximate surface area is 136 Å². The first-order valence-electron chi connectivity index (χ1n) is 5.72. The van der Waals surface area contributed by atoms with Crippen molar-refractivity contribution < 1.29 is 4.79 Å². The smallest absolute Gasteiger partial charge is 0.220 e. The van der Waals surface area contributed by atoms with Gasteiger partial charge in [-0.15, -0.1) is 0 Å². The molecule has 1 unspecified atom stereocenters. The van der Waals surface area contributed by atoms with Gasteiger partial charge in [-0.2, -0.15) is 0 Å². The molecule has 7 heteroatoms. The zero-order valence-corrected chi connectivity index (χ0v) is 13.5. The van der Waals surface area contributed by atoms with Crippen molar-refractivity contribution in [2.45, 2.75) is 21.0 Å². The van der Waals surface area contributed by atoms with Crippen molar-refractivity contribution in [2.75, 3.05) is 0 Å². The van der Waals surface area contributed by atoms with Gasteiger partial charge < -0.3 is 5.32 Å². The van der Waals surface area contributed by atoms with Crippen LogP contribution in [0, 0.1) is 0 Å². The summed E-state index contributed by atoms with van der Waals surface area (Å²) in [5, 5.41) is 2.93. The van der Waals surface area contributed by atoms with Crippen molar-refractivity contribution in [1.82, 2.24) is 10.3 Å². The number of rotatable bonds is 3. The van der Waals surface area contributed by atoms with E-state index in [4.69, 9.17) is 34.8 Å². The number of para-hydroxylation sites is 1. The van der Waals surface area contributed by atoms with Gasteiger partial charge in [-0.25, -0.2) is 0 Å². The second kappa shape index (κ2) is 6.39.